The third-order valence-electron chi connectivity index (χ3n) is 5.49. The summed E-state index contributed by atoms with van der Waals surface area (Å²) in [5.74, 6) is -2.02. The van der Waals surface area contributed by atoms with Crippen molar-refractivity contribution < 1.29 is 33.5 Å². The summed E-state index contributed by atoms with van der Waals surface area (Å²) in [6, 6.07) is 12.4. The van der Waals surface area contributed by atoms with E-state index in [2.05, 4.69) is 4.98 Å². The predicted molar refractivity (Wildman–Crippen MR) is 114 cm³/mol. The molecule has 0 saturated carbocycles. The molecule has 1 aliphatic rings. The van der Waals surface area contributed by atoms with Crippen LogP contribution in [0, 0.1) is 5.82 Å². The number of carbonyl (C=O) groups excluding carboxylic acids is 2. The van der Waals surface area contributed by atoms with Gasteiger partial charge < -0.3 is 19.5 Å². The largest absolute Gasteiger partial charge is 0.872 e. The fraction of sp³-hybridized carbons (Fsp3) is 0.160. The Labute approximate surface area is 189 Å². The van der Waals surface area contributed by atoms with Crippen molar-refractivity contribution in [3.8, 4) is 11.5 Å². The van der Waals surface area contributed by atoms with Crippen LogP contribution in [-0.4, -0.2) is 30.8 Å². The zero-order valence-electron chi connectivity index (χ0n) is 18.0. The molecule has 1 unspecified atom stereocenters. The highest BCUT2D eigenvalue weighted by Gasteiger charge is 2.45. The Morgan fingerprint density at radius 1 is 1.09 bits per heavy atom. The molecule has 33 heavy (non-hydrogen) atoms. The zero-order chi connectivity index (χ0) is 23.5. The number of halogens is 1. The van der Waals surface area contributed by atoms with Crippen LogP contribution in [0.15, 0.2) is 72.6 Å². The van der Waals surface area contributed by atoms with Gasteiger partial charge in [0.25, 0.3) is 5.91 Å². The molecule has 1 amide bonds. The number of ether oxygens (including phenoxy) is 2. The first-order valence-electron chi connectivity index (χ1n) is 10.1. The molecule has 4 rings (SSSR count). The number of nitrogens with zero attached hydrogens (tertiary/aromatic N) is 1. The maximum atomic E-state index is 13.4. The predicted octanol–water partition coefficient (Wildman–Crippen LogP) is 2.08. The van der Waals surface area contributed by atoms with Gasteiger partial charge in [0.15, 0.2) is 12.4 Å². The van der Waals surface area contributed by atoms with E-state index >= 15 is 0 Å². The van der Waals surface area contributed by atoms with Crippen molar-refractivity contribution in [2.45, 2.75) is 12.6 Å². The number of carbonyl (C=O) groups is 2. The fourth-order valence-corrected chi connectivity index (χ4v) is 3.89. The van der Waals surface area contributed by atoms with E-state index in [1.807, 2.05) is 0 Å². The molecule has 1 aromatic heterocycles. The van der Waals surface area contributed by atoms with Gasteiger partial charge in [-0.05, 0) is 42.0 Å². The van der Waals surface area contributed by atoms with E-state index in [9.17, 15) is 19.1 Å². The highest BCUT2D eigenvalue weighted by atomic mass is 19.1. The van der Waals surface area contributed by atoms with Gasteiger partial charge in [-0.2, -0.15) is 0 Å². The molecular formula is C25H21FN2O5. The van der Waals surface area contributed by atoms with Crippen LogP contribution >= 0.6 is 0 Å². The molecule has 0 aliphatic carbocycles. The molecule has 1 aliphatic heterocycles. The number of benzene rings is 2. The van der Waals surface area contributed by atoms with Crippen molar-refractivity contribution in [3.05, 3.63) is 95.1 Å². The Morgan fingerprint density at radius 3 is 2.48 bits per heavy atom. The van der Waals surface area contributed by atoms with E-state index in [0.29, 0.717) is 17.1 Å². The van der Waals surface area contributed by atoms with E-state index in [4.69, 9.17) is 9.47 Å². The summed E-state index contributed by atoms with van der Waals surface area (Å²) >= 11 is 0. The van der Waals surface area contributed by atoms with Crippen LogP contribution in [-0.2, 0) is 16.1 Å². The quantitative estimate of drug-likeness (QED) is 0.327. The second-order valence-electron chi connectivity index (χ2n) is 7.43. The Kier molecular flexibility index (Phi) is 6.08. The molecule has 0 spiro atoms. The number of rotatable bonds is 6. The summed E-state index contributed by atoms with van der Waals surface area (Å²) in [7, 11) is 2.95. The zero-order valence-corrected chi connectivity index (χ0v) is 18.0. The van der Waals surface area contributed by atoms with Gasteiger partial charge in [0.05, 0.1) is 26.8 Å². The lowest BCUT2D eigenvalue weighted by molar-refractivity contribution is -0.378. The third kappa shape index (κ3) is 4.15. The minimum atomic E-state index is -1.02. The Hall–Kier alpha value is -4.20. The molecule has 2 aromatic carbocycles. The number of H-pyrrole nitrogens is 1. The number of aromatic amines is 1. The standard InChI is InChI=1S/C25H21FN2O5/c1-32-18-9-10-20(33-2)19(12-18)22-21(23(29)16-5-7-17(26)8-6-16)24(30)25(31)28(22)14-15-4-3-11-27-13-15/h3-13,22,29H,14H2,1-2H3/b23-21+. The molecular weight excluding hydrogens is 427 g/mol. The molecule has 0 radical (unpaired) electrons. The second-order valence-corrected chi connectivity index (χ2v) is 7.43. The highest BCUT2D eigenvalue weighted by Crippen LogP contribution is 2.44. The average Bonchev–Trinajstić information content (AvgIpc) is 3.09. The van der Waals surface area contributed by atoms with Crippen LogP contribution in [0.2, 0.25) is 0 Å². The number of methoxy groups -OCH3 is 2. The summed E-state index contributed by atoms with van der Waals surface area (Å²) in [5, 5.41) is 13.4. The van der Waals surface area contributed by atoms with Crippen molar-refractivity contribution in [1.82, 2.24) is 4.90 Å². The van der Waals surface area contributed by atoms with Crippen LogP contribution in [0.1, 0.15) is 22.7 Å². The molecule has 3 aromatic rings. The van der Waals surface area contributed by atoms with Gasteiger partial charge in [-0.1, -0.05) is 17.9 Å². The molecule has 2 heterocycles. The minimum Gasteiger partial charge on any atom is -0.872 e. The third-order valence-corrected chi connectivity index (χ3v) is 5.49. The summed E-state index contributed by atoms with van der Waals surface area (Å²) < 4.78 is 24.2. The number of aromatic nitrogens is 1. The lowest BCUT2D eigenvalue weighted by atomic mass is 9.94. The van der Waals surface area contributed by atoms with Gasteiger partial charge in [-0.3, -0.25) is 9.59 Å². The van der Waals surface area contributed by atoms with Crippen molar-refractivity contribution >= 4 is 17.4 Å². The molecule has 168 valence electrons. The number of amides is 1. The Bertz CT molecular complexity index is 1230. The van der Waals surface area contributed by atoms with E-state index in [1.165, 1.54) is 31.3 Å². The molecule has 1 fully saturated rings. The maximum absolute atomic E-state index is 13.4. The van der Waals surface area contributed by atoms with Crippen LogP contribution in [0.3, 0.4) is 0 Å². The second kappa shape index (κ2) is 9.12. The summed E-state index contributed by atoms with van der Waals surface area (Å²) in [5.41, 5.74) is 1.05. The van der Waals surface area contributed by atoms with E-state index in [0.717, 1.165) is 17.7 Å². The van der Waals surface area contributed by atoms with Gasteiger partial charge in [0.1, 0.15) is 17.3 Å². The van der Waals surface area contributed by atoms with Gasteiger partial charge in [-0.15, -0.1) is 0 Å². The highest BCUT2D eigenvalue weighted by molar-refractivity contribution is 6.46. The molecule has 1 N–H and O–H groups in total. The number of hydrogen-bond donors (Lipinski definition) is 0. The maximum Gasteiger partial charge on any atom is 0.295 e. The summed E-state index contributed by atoms with van der Waals surface area (Å²) in [6.07, 6.45) is 3.43. The lowest BCUT2D eigenvalue weighted by Crippen LogP contribution is -2.30. The van der Waals surface area contributed by atoms with Crippen molar-refractivity contribution in [2.75, 3.05) is 14.2 Å². The van der Waals surface area contributed by atoms with E-state index < -0.39 is 29.3 Å². The SMILES string of the molecule is COc1ccc(OC)c(C2/C(=C(\[O-])c3ccc(F)cc3)C(=O)C(=O)N2Cc2ccc[nH+]c2)c1. The topological polar surface area (TPSA) is 93.0 Å². The summed E-state index contributed by atoms with van der Waals surface area (Å²) in [4.78, 5) is 30.5. The number of pyridine rings is 1. The number of likely N-dealkylation sites (tertiary alicyclic amines) is 1. The van der Waals surface area contributed by atoms with Crippen LogP contribution in [0.5, 0.6) is 11.5 Å². The Balaban J connectivity index is 1.93. The molecule has 7 nitrogen and oxygen atoms in total. The van der Waals surface area contributed by atoms with Gasteiger partial charge >= 0.3 is 0 Å². The van der Waals surface area contributed by atoms with Gasteiger partial charge in [0, 0.05) is 22.8 Å². The Morgan fingerprint density at radius 2 is 1.85 bits per heavy atom. The average molecular weight is 448 g/mol. The monoisotopic (exact) mass is 448 g/mol. The molecule has 0 bridgehead atoms. The molecule has 8 heteroatoms. The van der Waals surface area contributed by atoms with Crippen LogP contribution in [0.4, 0.5) is 4.39 Å². The van der Waals surface area contributed by atoms with E-state index in [-0.39, 0.29) is 17.7 Å². The lowest BCUT2D eigenvalue weighted by Gasteiger charge is -2.28. The van der Waals surface area contributed by atoms with E-state index in [1.54, 1.807) is 42.7 Å². The van der Waals surface area contributed by atoms with Crippen LogP contribution in [0.25, 0.3) is 5.76 Å². The first-order valence-corrected chi connectivity index (χ1v) is 10.1. The smallest absolute Gasteiger partial charge is 0.295 e. The minimum absolute atomic E-state index is 0.0765. The van der Waals surface area contributed by atoms with Crippen molar-refractivity contribution in [3.63, 3.8) is 0 Å². The molecule has 1 saturated heterocycles. The van der Waals surface area contributed by atoms with Gasteiger partial charge in [-0.25, -0.2) is 9.37 Å². The normalized spacial score (nSPS) is 17.3. The first kappa shape index (κ1) is 22.0. The first-order chi connectivity index (χ1) is 15.9. The number of nitrogens with one attached hydrogen (secondary N) is 1. The number of ketones is 1. The van der Waals surface area contributed by atoms with Crippen molar-refractivity contribution in [1.29, 1.82) is 0 Å². The van der Waals surface area contributed by atoms with Crippen LogP contribution < -0.4 is 19.6 Å². The number of hydrogen-bond acceptors (Lipinski definition) is 5. The molecule has 1 atom stereocenters. The fourth-order valence-electron chi connectivity index (χ4n) is 3.89. The van der Waals surface area contributed by atoms with Crippen molar-refractivity contribution in [2.24, 2.45) is 0 Å². The number of Topliss-reactive ketones (excluding diaryl/α,β-unsaturated/α-hetero) is 1. The van der Waals surface area contributed by atoms with Gasteiger partial charge in [0.2, 0.25) is 5.78 Å². The summed E-state index contributed by atoms with van der Waals surface area (Å²) in [6.45, 7) is 0.0765.